The lowest BCUT2D eigenvalue weighted by Crippen LogP contribution is -2.37. The third-order valence-corrected chi connectivity index (χ3v) is 5.19. The van der Waals surface area contributed by atoms with Crippen LogP contribution in [-0.2, 0) is 9.26 Å². The summed E-state index contributed by atoms with van der Waals surface area (Å²) in [7, 11) is -1.82. The first-order valence-electron chi connectivity index (χ1n) is 4.49. The monoisotopic (exact) mass is 242 g/mol. The average molecular weight is 242 g/mol. The Morgan fingerprint density at radius 2 is 2.07 bits per heavy atom. The Morgan fingerprint density at radius 1 is 1.43 bits per heavy atom. The molecule has 0 bridgehead atoms. The Balaban J connectivity index is 2.08. The molecule has 0 saturated carbocycles. The Kier molecular flexibility index (Phi) is 5.62. The fraction of sp³-hybridized carbons (Fsp3) is 1.00. The largest absolute Gasteiger partial charge is 0.475 e. The van der Waals surface area contributed by atoms with Gasteiger partial charge in [0, 0.05) is 19.6 Å². The predicted octanol–water partition coefficient (Wildman–Crippen LogP) is 0.360. The summed E-state index contributed by atoms with van der Waals surface area (Å²) in [5.41, 5.74) is 0. The Morgan fingerprint density at radius 3 is 2.64 bits per heavy atom. The molecule has 5 nitrogen and oxygen atoms in total. The molecule has 1 aliphatic rings. The fourth-order valence-corrected chi connectivity index (χ4v) is 3.12. The number of ether oxygens (including phenoxy) is 1. The second-order valence-corrected chi connectivity index (χ2v) is 7.17. The maximum Gasteiger partial charge on any atom is 0.475 e. The highest BCUT2D eigenvalue weighted by atomic mass is 32.7. The van der Waals surface area contributed by atoms with E-state index < -0.39 is 7.15 Å². The van der Waals surface area contributed by atoms with Gasteiger partial charge in [0.1, 0.15) is 11.4 Å². The number of nitrogens with zero attached hydrogens (tertiary/aromatic N) is 1. The van der Waals surface area contributed by atoms with E-state index in [1.807, 2.05) is 0 Å². The van der Waals surface area contributed by atoms with E-state index in [9.17, 15) is 9.79 Å². The van der Waals surface area contributed by atoms with Crippen molar-refractivity contribution in [2.24, 2.45) is 0 Å². The zero-order chi connectivity index (χ0) is 10.4. The van der Waals surface area contributed by atoms with Crippen LogP contribution in [0.25, 0.3) is 0 Å². The molecular formula is C7H17NO4PS+. The first-order chi connectivity index (χ1) is 6.64. The topological polar surface area (TPSA) is 62.2 Å². The molecule has 1 fully saturated rings. The molecule has 0 aromatic heterocycles. The first-order valence-corrected chi connectivity index (χ1v) is 7.69. The summed E-state index contributed by atoms with van der Waals surface area (Å²) in [5.74, 6) is 0.675. The Bertz CT molecular complexity index is 166. The molecule has 0 spiro atoms. The van der Waals surface area contributed by atoms with Gasteiger partial charge in [-0.25, -0.2) is 0 Å². The van der Waals surface area contributed by atoms with Crippen molar-refractivity contribution < 1.29 is 19.0 Å². The van der Waals surface area contributed by atoms with Crippen LogP contribution in [0.1, 0.15) is 0 Å². The van der Waals surface area contributed by atoms with Gasteiger partial charge in [0.15, 0.2) is 0 Å². The van der Waals surface area contributed by atoms with Gasteiger partial charge >= 0.3 is 7.15 Å². The molecule has 14 heavy (non-hydrogen) atoms. The van der Waals surface area contributed by atoms with Crippen molar-refractivity contribution in [1.82, 2.24) is 4.90 Å². The van der Waals surface area contributed by atoms with Crippen LogP contribution in [0.15, 0.2) is 0 Å². The number of hydrogen-bond acceptors (Lipinski definition) is 6. The van der Waals surface area contributed by atoms with E-state index in [4.69, 9.17) is 4.74 Å². The maximum atomic E-state index is 9.22. The van der Waals surface area contributed by atoms with E-state index in [0.29, 0.717) is 5.75 Å². The SMILES string of the molecule is CO[P+](O)(O)SCCN1CCOCC1. The minimum atomic E-state index is -3.13. The number of morpholine rings is 1. The first kappa shape index (κ1) is 12.6. The van der Waals surface area contributed by atoms with Gasteiger partial charge in [-0.05, 0) is 0 Å². The highest BCUT2D eigenvalue weighted by molar-refractivity contribution is 8.57. The van der Waals surface area contributed by atoms with Crippen LogP contribution < -0.4 is 0 Å². The average Bonchev–Trinajstić information content (AvgIpc) is 2.19. The molecule has 0 atom stereocenters. The van der Waals surface area contributed by atoms with Gasteiger partial charge in [-0.15, -0.1) is 0 Å². The Hall–Kier alpha value is 0.580. The molecule has 2 N–H and O–H groups in total. The van der Waals surface area contributed by atoms with E-state index in [-0.39, 0.29) is 0 Å². The second kappa shape index (κ2) is 6.23. The predicted molar refractivity (Wildman–Crippen MR) is 58.1 cm³/mol. The summed E-state index contributed by atoms with van der Waals surface area (Å²) in [6.07, 6.45) is 0. The van der Waals surface area contributed by atoms with Crippen LogP contribution in [0.4, 0.5) is 0 Å². The maximum absolute atomic E-state index is 9.22. The van der Waals surface area contributed by atoms with Crippen molar-refractivity contribution >= 4 is 18.5 Å². The summed E-state index contributed by atoms with van der Waals surface area (Å²) in [6.45, 7) is 4.24. The van der Waals surface area contributed by atoms with Crippen LogP contribution in [-0.4, -0.2) is 60.4 Å². The molecule has 0 aromatic carbocycles. The minimum absolute atomic E-state index is 0.675. The summed E-state index contributed by atoms with van der Waals surface area (Å²) in [5, 5.41) is 0. The molecule has 7 heteroatoms. The van der Waals surface area contributed by atoms with Gasteiger partial charge in [0.25, 0.3) is 0 Å². The van der Waals surface area contributed by atoms with E-state index in [2.05, 4.69) is 9.42 Å². The zero-order valence-electron chi connectivity index (χ0n) is 8.26. The van der Waals surface area contributed by atoms with Crippen molar-refractivity contribution in [3.8, 4) is 0 Å². The lowest BCUT2D eigenvalue weighted by molar-refractivity contribution is 0.0410. The third kappa shape index (κ3) is 4.89. The van der Waals surface area contributed by atoms with Crippen LogP contribution in [0.5, 0.6) is 0 Å². The fourth-order valence-electron chi connectivity index (χ4n) is 1.17. The Labute approximate surface area is 88.7 Å². The van der Waals surface area contributed by atoms with Gasteiger partial charge in [0.05, 0.1) is 26.1 Å². The lowest BCUT2D eigenvalue weighted by Gasteiger charge is -2.25. The van der Waals surface area contributed by atoms with Crippen molar-refractivity contribution in [2.45, 2.75) is 0 Å². The lowest BCUT2D eigenvalue weighted by atomic mass is 10.4. The van der Waals surface area contributed by atoms with E-state index in [0.717, 1.165) is 44.2 Å². The van der Waals surface area contributed by atoms with Crippen molar-refractivity contribution in [3.05, 3.63) is 0 Å². The quantitative estimate of drug-likeness (QED) is 0.679. The second-order valence-electron chi connectivity index (χ2n) is 2.96. The van der Waals surface area contributed by atoms with Gasteiger partial charge < -0.3 is 4.74 Å². The van der Waals surface area contributed by atoms with Crippen LogP contribution in [0, 0.1) is 0 Å². The molecular weight excluding hydrogens is 225 g/mol. The molecule has 1 rings (SSSR count). The molecule has 0 aliphatic carbocycles. The third-order valence-electron chi connectivity index (χ3n) is 2.01. The summed E-state index contributed by atoms with van der Waals surface area (Å²) in [4.78, 5) is 20.7. The highest BCUT2D eigenvalue weighted by Crippen LogP contribution is 2.62. The summed E-state index contributed by atoms with van der Waals surface area (Å²) < 4.78 is 9.77. The van der Waals surface area contributed by atoms with Gasteiger partial charge in [-0.2, -0.15) is 14.3 Å². The normalized spacial score (nSPS) is 19.9. The summed E-state index contributed by atoms with van der Waals surface area (Å²) >= 11 is 1.09. The van der Waals surface area contributed by atoms with Crippen LogP contribution >= 0.6 is 18.5 Å². The smallest absolute Gasteiger partial charge is 0.379 e. The molecule has 1 saturated heterocycles. The van der Waals surface area contributed by atoms with Crippen molar-refractivity contribution in [1.29, 1.82) is 0 Å². The molecule has 0 amide bonds. The van der Waals surface area contributed by atoms with Crippen LogP contribution in [0.2, 0.25) is 0 Å². The van der Waals surface area contributed by atoms with Crippen LogP contribution in [0.3, 0.4) is 0 Å². The van der Waals surface area contributed by atoms with Crippen molar-refractivity contribution in [2.75, 3.05) is 45.7 Å². The molecule has 0 unspecified atom stereocenters. The highest BCUT2D eigenvalue weighted by Gasteiger charge is 2.36. The minimum Gasteiger partial charge on any atom is -0.379 e. The molecule has 0 radical (unpaired) electrons. The molecule has 0 aromatic rings. The van der Waals surface area contributed by atoms with Gasteiger partial charge in [-0.3, -0.25) is 4.90 Å². The number of hydrogen-bond donors (Lipinski definition) is 2. The molecule has 1 heterocycles. The van der Waals surface area contributed by atoms with E-state index in [1.165, 1.54) is 7.11 Å². The van der Waals surface area contributed by atoms with E-state index >= 15 is 0 Å². The standard InChI is InChI=1S/C7H17NO4PS/c1-11-13(9,10)14-7-4-8-2-5-12-6-3-8/h9-10H,2-7H2,1H3/q+1. The molecule has 1 aliphatic heterocycles. The molecule has 84 valence electrons. The van der Waals surface area contributed by atoms with Gasteiger partial charge in [0.2, 0.25) is 0 Å². The van der Waals surface area contributed by atoms with E-state index in [1.54, 1.807) is 0 Å². The summed E-state index contributed by atoms with van der Waals surface area (Å²) in [6, 6.07) is 0. The zero-order valence-corrected chi connectivity index (χ0v) is 9.97. The van der Waals surface area contributed by atoms with Crippen molar-refractivity contribution in [3.63, 3.8) is 0 Å². The number of rotatable bonds is 5. The van der Waals surface area contributed by atoms with Gasteiger partial charge in [-0.1, -0.05) is 0 Å².